The van der Waals surface area contributed by atoms with E-state index in [9.17, 15) is 19.1 Å². The number of hydrogen-bond donors (Lipinski definition) is 2. The van der Waals surface area contributed by atoms with Gasteiger partial charge < -0.3 is 15.0 Å². The van der Waals surface area contributed by atoms with Gasteiger partial charge in [-0.1, -0.05) is 12.1 Å². The number of nitrogens with zero attached hydrogens (tertiary/aromatic N) is 3. The number of nitrogens with one attached hydrogen (secondary N) is 1. The lowest BCUT2D eigenvalue weighted by Gasteiger charge is -2.35. The van der Waals surface area contributed by atoms with Gasteiger partial charge in [-0.15, -0.1) is 11.3 Å². The second-order valence-corrected chi connectivity index (χ2v) is 8.87. The third-order valence-electron chi connectivity index (χ3n) is 6.45. The van der Waals surface area contributed by atoms with Gasteiger partial charge >= 0.3 is 0 Å². The van der Waals surface area contributed by atoms with Crippen molar-refractivity contribution in [3.63, 3.8) is 0 Å². The van der Waals surface area contributed by atoms with E-state index in [1.165, 1.54) is 23.5 Å². The van der Waals surface area contributed by atoms with Gasteiger partial charge in [-0.2, -0.15) is 0 Å². The van der Waals surface area contributed by atoms with E-state index >= 15 is 0 Å². The minimum Gasteiger partial charge on any atom is -0.396 e. The van der Waals surface area contributed by atoms with Crippen molar-refractivity contribution in [2.75, 3.05) is 19.0 Å². The van der Waals surface area contributed by atoms with Crippen LogP contribution in [0.15, 0.2) is 52.8 Å². The summed E-state index contributed by atoms with van der Waals surface area (Å²) in [6, 6.07) is 8.96. The molecule has 9 heteroatoms. The molecule has 160 valence electrons. The molecule has 2 N–H and O–H groups in total. The van der Waals surface area contributed by atoms with Gasteiger partial charge in [0.2, 0.25) is 5.91 Å². The van der Waals surface area contributed by atoms with E-state index in [4.69, 9.17) is 0 Å². The summed E-state index contributed by atoms with van der Waals surface area (Å²) in [5, 5.41) is 15.3. The van der Waals surface area contributed by atoms with Gasteiger partial charge in [-0.25, -0.2) is 9.37 Å². The number of amides is 1. The monoisotopic (exact) mass is 440 g/mol. The van der Waals surface area contributed by atoms with Crippen LogP contribution in [0.2, 0.25) is 0 Å². The molecule has 7 nitrogen and oxygen atoms in total. The highest BCUT2D eigenvalue weighted by Gasteiger charge is 2.54. The summed E-state index contributed by atoms with van der Waals surface area (Å²) in [6.45, 7) is 0.192. The molecule has 0 aliphatic carbocycles. The lowest BCUT2D eigenvalue weighted by atomic mass is 9.86. The minimum absolute atomic E-state index is 0.166. The first-order valence-electron chi connectivity index (χ1n) is 10.0. The quantitative estimate of drug-likeness (QED) is 0.650. The molecule has 2 aromatic heterocycles. The third kappa shape index (κ3) is 3.20. The van der Waals surface area contributed by atoms with Gasteiger partial charge in [0.15, 0.2) is 5.13 Å². The van der Waals surface area contributed by atoms with Crippen molar-refractivity contribution in [2.45, 2.75) is 18.6 Å². The number of carbonyl (C=O) groups excluding carboxylic acids is 1. The van der Waals surface area contributed by atoms with Gasteiger partial charge in [-0.3, -0.25) is 14.5 Å². The highest BCUT2D eigenvalue weighted by Crippen LogP contribution is 2.47. The number of aliphatic hydroxyl groups is 1. The minimum atomic E-state index is -0.530. The van der Waals surface area contributed by atoms with Crippen LogP contribution in [0, 0.1) is 17.7 Å². The van der Waals surface area contributed by atoms with Gasteiger partial charge in [0.1, 0.15) is 5.82 Å². The number of fused-ring (bicyclic) bond motifs is 4. The van der Waals surface area contributed by atoms with Crippen LogP contribution in [0.4, 0.5) is 9.52 Å². The Morgan fingerprint density at radius 2 is 2.19 bits per heavy atom. The fourth-order valence-electron chi connectivity index (χ4n) is 5.04. The van der Waals surface area contributed by atoms with Gasteiger partial charge in [-0.05, 0) is 36.9 Å². The molecule has 4 atom stereocenters. The molecule has 1 aromatic carbocycles. The van der Waals surface area contributed by atoms with Crippen LogP contribution in [-0.2, 0) is 11.3 Å². The van der Waals surface area contributed by atoms with Crippen molar-refractivity contribution in [3.05, 3.63) is 69.8 Å². The van der Waals surface area contributed by atoms with E-state index in [-0.39, 0.29) is 36.1 Å². The van der Waals surface area contributed by atoms with Gasteiger partial charge in [0.05, 0.1) is 12.0 Å². The Morgan fingerprint density at radius 1 is 1.35 bits per heavy atom. The second kappa shape index (κ2) is 7.67. The Bertz CT molecular complexity index is 1200. The summed E-state index contributed by atoms with van der Waals surface area (Å²) in [5.41, 5.74) is 1.43. The summed E-state index contributed by atoms with van der Waals surface area (Å²) >= 11 is 1.33. The Balaban J connectivity index is 1.57. The van der Waals surface area contributed by atoms with Crippen LogP contribution >= 0.6 is 11.3 Å². The molecule has 31 heavy (non-hydrogen) atoms. The number of carbonyl (C=O) groups is 1. The van der Waals surface area contributed by atoms with Crippen LogP contribution in [-0.4, -0.2) is 45.2 Å². The molecule has 1 saturated heterocycles. The molecule has 4 heterocycles. The molecule has 2 aliphatic rings. The lowest BCUT2D eigenvalue weighted by molar-refractivity contribution is -0.122. The van der Waals surface area contributed by atoms with Crippen LogP contribution in [0.25, 0.3) is 11.1 Å². The summed E-state index contributed by atoms with van der Waals surface area (Å²) in [7, 11) is 1.92. The maximum Gasteiger partial charge on any atom is 0.258 e. The van der Waals surface area contributed by atoms with Crippen molar-refractivity contribution in [1.29, 1.82) is 0 Å². The first-order chi connectivity index (χ1) is 15.0. The Labute approximate surface area is 181 Å². The molecule has 0 spiro atoms. The number of benzene rings is 1. The summed E-state index contributed by atoms with van der Waals surface area (Å²) in [5.74, 6) is -1.48. The maximum atomic E-state index is 13.7. The number of thiazole rings is 1. The zero-order chi connectivity index (χ0) is 21.7. The predicted molar refractivity (Wildman–Crippen MR) is 115 cm³/mol. The van der Waals surface area contributed by atoms with Crippen LogP contribution in [0.3, 0.4) is 0 Å². The zero-order valence-corrected chi connectivity index (χ0v) is 17.6. The fraction of sp³-hybridized carbons (Fsp3) is 0.318. The van der Waals surface area contributed by atoms with Gasteiger partial charge in [0, 0.05) is 47.9 Å². The molecule has 2 bridgehead atoms. The van der Waals surface area contributed by atoms with Crippen molar-refractivity contribution in [2.24, 2.45) is 11.8 Å². The number of aliphatic hydroxyl groups excluding tert-OH is 1. The number of hydrogen-bond acceptors (Lipinski definition) is 6. The smallest absolute Gasteiger partial charge is 0.258 e. The van der Waals surface area contributed by atoms with Crippen molar-refractivity contribution in [3.8, 4) is 11.1 Å². The molecule has 1 fully saturated rings. The Morgan fingerprint density at radius 3 is 2.90 bits per heavy atom. The predicted octanol–water partition coefficient (Wildman–Crippen LogP) is 2.34. The highest BCUT2D eigenvalue weighted by atomic mass is 32.1. The third-order valence-corrected chi connectivity index (χ3v) is 7.14. The summed E-state index contributed by atoms with van der Waals surface area (Å²) in [4.78, 5) is 32.7. The molecule has 5 rings (SSSR count). The fourth-order valence-corrected chi connectivity index (χ4v) is 5.57. The normalized spacial score (nSPS) is 24.7. The Hall–Kier alpha value is -2.88. The van der Waals surface area contributed by atoms with Crippen molar-refractivity contribution >= 4 is 22.4 Å². The molecular formula is C22H21FN4O3S. The SMILES string of the molecule is CN1[C@@H]2Cn3c(ccc(-c4cccc(F)c4)c3=O)[C@H]1[C@@H](C(=O)Nc1nccs1)[C@@H]2CO. The largest absolute Gasteiger partial charge is 0.396 e. The number of likely N-dealkylation sites (N-methyl/N-ethyl adjacent to an activating group) is 1. The molecule has 0 unspecified atom stereocenters. The Kier molecular flexibility index (Phi) is 4.96. The zero-order valence-electron chi connectivity index (χ0n) is 16.7. The first-order valence-corrected chi connectivity index (χ1v) is 10.9. The van der Waals surface area contributed by atoms with Crippen LogP contribution in [0.5, 0.6) is 0 Å². The average molecular weight is 441 g/mol. The topological polar surface area (TPSA) is 87.5 Å². The van der Waals surface area contributed by atoms with Crippen LogP contribution in [0.1, 0.15) is 11.7 Å². The highest BCUT2D eigenvalue weighted by molar-refractivity contribution is 7.13. The number of halogens is 1. The van der Waals surface area contributed by atoms with Crippen molar-refractivity contribution in [1.82, 2.24) is 14.5 Å². The van der Waals surface area contributed by atoms with E-state index in [2.05, 4.69) is 15.2 Å². The molecule has 3 aromatic rings. The maximum absolute atomic E-state index is 13.7. The number of pyridine rings is 1. The second-order valence-electron chi connectivity index (χ2n) is 7.97. The average Bonchev–Trinajstić information content (AvgIpc) is 3.31. The standard InChI is InChI=1S/C22H21FN4O3S/c1-26-17-10-27-16(6-5-14(21(27)30)12-3-2-4-13(23)9-12)19(26)18(15(17)11-28)20(29)25-22-24-7-8-31-22/h2-9,15,17-19,28H,10-11H2,1H3,(H,24,25,29)/t15-,17-,18+,19+/m1/s1. The molecular weight excluding hydrogens is 419 g/mol. The van der Waals surface area contributed by atoms with E-state index in [1.807, 2.05) is 13.1 Å². The molecule has 1 amide bonds. The number of aromatic nitrogens is 2. The van der Waals surface area contributed by atoms with E-state index in [0.29, 0.717) is 22.8 Å². The molecule has 0 radical (unpaired) electrons. The first kappa shape index (κ1) is 20.0. The molecule has 2 aliphatic heterocycles. The van der Waals surface area contributed by atoms with E-state index in [0.717, 1.165) is 5.69 Å². The summed E-state index contributed by atoms with van der Waals surface area (Å²) < 4.78 is 15.4. The van der Waals surface area contributed by atoms with Crippen molar-refractivity contribution < 1.29 is 14.3 Å². The van der Waals surface area contributed by atoms with Crippen LogP contribution < -0.4 is 10.9 Å². The number of rotatable bonds is 4. The lowest BCUT2D eigenvalue weighted by Crippen LogP contribution is -2.44. The number of anilines is 1. The summed E-state index contributed by atoms with van der Waals surface area (Å²) in [6.07, 6.45) is 1.62. The van der Waals surface area contributed by atoms with E-state index < -0.39 is 11.7 Å². The van der Waals surface area contributed by atoms with Gasteiger partial charge in [0.25, 0.3) is 5.56 Å². The molecule has 0 saturated carbocycles. The van der Waals surface area contributed by atoms with E-state index in [1.54, 1.807) is 34.3 Å².